The molecule has 2 heterocycles. The molecule has 2 aromatic rings. The van der Waals surface area contributed by atoms with Crippen LogP contribution in [0.2, 0.25) is 0 Å². The smallest absolute Gasteiger partial charge is 0.256 e. The topological polar surface area (TPSA) is 84.3 Å². The van der Waals surface area contributed by atoms with Crippen molar-refractivity contribution in [1.82, 2.24) is 9.78 Å². The Morgan fingerprint density at radius 1 is 1.29 bits per heavy atom. The number of carbonyl (C=O) groups is 1. The lowest BCUT2D eigenvalue weighted by molar-refractivity contribution is 0.102. The molecule has 0 spiro atoms. The highest BCUT2D eigenvalue weighted by molar-refractivity contribution is 7.92. The molecule has 0 radical (unpaired) electrons. The van der Waals surface area contributed by atoms with Crippen LogP contribution in [0, 0.1) is 6.92 Å². The number of anilines is 2. The number of amides is 1. The Morgan fingerprint density at radius 3 is 2.67 bits per heavy atom. The Hall–Kier alpha value is -2.35. The lowest BCUT2D eigenvalue weighted by atomic mass is 10.0. The summed E-state index contributed by atoms with van der Waals surface area (Å²) < 4.78 is 26.8. The summed E-state index contributed by atoms with van der Waals surface area (Å²) in [7, 11) is -1.54. The molecule has 8 heteroatoms. The van der Waals surface area contributed by atoms with Crippen molar-refractivity contribution in [2.45, 2.75) is 19.8 Å². The molecule has 0 saturated heterocycles. The second kappa shape index (κ2) is 5.94. The number of carbonyl (C=O) groups excluding carboxylic acids is 1. The molecule has 24 heavy (non-hydrogen) atoms. The fraction of sp³-hybridized carbons (Fsp3) is 0.375. The van der Waals surface area contributed by atoms with Crippen LogP contribution in [0.4, 0.5) is 11.5 Å². The van der Waals surface area contributed by atoms with E-state index in [9.17, 15) is 13.2 Å². The fourth-order valence-electron chi connectivity index (χ4n) is 2.96. The van der Waals surface area contributed by atoms with Crippen LogP contribution >= 0.6 is 0 Å². The molecular weight excluding hydrogens is 328 g/mol. The molecule has 1 amide bonds. The minimum absolute atomic E-state index is 0.239. The van der Waals surface area contributed by atoms with Crippen molar-refractivity contribution in [3.05, 3.63) is 41.1 Å². The number of aryl methyl sites for hydroxylation is 3. The van der Waals surface area contributed by atoms with Crippen molar-refractivity contribution in [3.8, 4) is 0 Å². The van der Waals surface area contributed by atoms with Gasteiger partial charge in [-0.15, -0.1) is 0 Å². The lowest BCUT2D eigenvalue weighted by Gasteiger charge is -2.29. The Bertz CT molecular complexity index is 902. The van der Waals surface area contributed by atoms with Crippen LogP contribution in [0.5, 0.6) is 0 Å². The summed E-state index contributed by atoms with van der Waals surface area (Å²) in [6, 6.07) is 6.92. The summed E-state index contributed by atoms with van der Waals surface area (Å²) >= 11 is 0. The Morgan fingerprint density at radius 2 is 2.04 bits per heavy atom. The van der Waals surface area contributed by atoms with Gasteiger partial charge in [0.25, 0.3) is 5.91 Å². The molecule has 1 N–H and O–H groups in total. The van der Waals surface area contributed by atoms with Crippen LogP contribution in [0.25, 0.3) is 0 Å². The van der Waals surface area contributed by atoms with E-state index in [0.29, 0.717) is 23.6 Å². The van der Waals surface area contributed by atoms with Crippen LogP contribution in [0.1, 0.15) is 28.0 Å². The van der Waals surface area contributed by atoms with Gasteiger partial charge in [0.2, 0.25) is 10.0 Å². The molecule has 0 aliphatic carbocycles. The van der Waals surface area contributed by atoms with E-state index in [-0.39, 0.29) is 5.91 Å². The minimum Gasteiger partial charge on any atom is -0.307 e. The van der Waals surface area contributed by atoms with E-state index in [2.05, 4.69) is 10.4 Å². The van der Waals surface area contributed by atoms with Crippen molar-refractivity contribution in [1.29, 1.82) is 0 Å². The van der Waals surface area contributed by atoms with Gasteiger partial charge in [-0.2, -0.15) is 5.10 Å². The Labute approximate surface area is 141 Å². The first-order chi connectivity index (χ1) is 11.3. The van der Waals surface area contributed by atoms with Crippen molar-refractivity contribution >= 4 is 27.4 Å². The highest BCUT2D eigenvalue weighted by atomic mass is 32.2. The Balaban J connectivity index is 1.88. The van der Waals surface area contributed by atoms with Gasteiger partial charge in [0.1, 0.15) is 5.82 Å². The SMILES string of the molecule is Cc1cc(NC(=O)c2ccc3c(c2)CCCN3S(C)(=O)=O)n(C)n1. The third-order valence-electron chi connectivity index (χ3n) is 4.06. The number of nitrogens with one attached hydrogen (secondary N) is 1. The summed E-state index contributed by atoms with van der Waals surface area (Å²) in [6.07, 6.45) is 2.70. The standard InChI is InChI=1S/C16H20N4O3S/c1-11-9-15(19(2)18-11)17-16(21)13-6-7-14-12(10-13)5-4-8-20(14)24(3,22)23/h6-7,9-10H,4-5,8H2,1-3H3,(H,17,21). The van der Waals surface area contributed by atoms with Gasteiger partial charge in [-0.1, -0.05) is 0 Å². The molecule has 0 fully saturated rings. The highest BCUT2D eigenvalue weighted by Crippen LogP contribution is 2.30. The zero-order valence-electron chi connectivity index (χ0n) is 13.9. The maximum Gasteiger partial charge on any atom is 0.256 e. The van der Waals surface area contributed by atoms with E-state index < -0.39 is 10.0 Å². The zero-order valence-corrected chi connectivity index (χ0v) is 14.7. The molecule has 128 valence electrons. The van der Waals surface area contributed by atoms with Gasteiger partial charge in [-0.3, -0.25) is 13.8 Å². The number of nitrogens with zero attached hydrogens (tertiary/aromatic N) is 3. The quantitative estimate of drug-likeness (QED) is 0.915. The molecule has 3 rings (SSSR count). The largest absolute Gasteiger partial charge is 0.307 e. The highest BCUT2D eigenvalue weighted by Gasteiger charge is 2.24. The minimum atomic E-state index is -3.30. The number of hydrogen-bond donors (Lipinski definition) is 1. The number of aromatic nitrogens is 2. The first-order valence-corrected chi connectivity index (χ1v) is 9.53. The molecule has 1 aromatic carbocycles. The molecule has 0 bridgehead atoms. The van der Waals surface area contributed by atoms with E-state index in [0.717, 1.165) is 24.1 Å². The zero-order chi connectivity index (χ0) is 17.5. The van der Waals surface area contributed by atoms with Crippen molar-refractivity contribution in [3.63, 3.8) is 0 Å². The molecule has 0 saturated carbocycles. The number of hydrogen-bond acceptors (Lipinski definition) is 4. The summed E-state index contributed by atoms with van der Waals surface area (Å²) in [6.45, 7) is 2.33. The first kappa shape index (κ1) is 16.5. The van der Waals surface area contributed by atoms with Gasteiger partial charge in [0, 0.05) is 25.2 Å². The fourth-order valence-corrected chi connectivity index (χ4v) is 3.96. The average molecular weight is 348 g/mol. The normalized spacial score (nSPS) is 14.4. The monoisotopic (exact) mass is 348 g/mol. The maximum absolute atomic E-state index is 12.5. The molecule has 7 nitrogen and oxygen atoms in total. The van der Waals surface area contributed by atoms with Crippen molar-refractivity contribution < 1.29 is 13.2 Å². The van der Waals surface area contributed by atoms with Gasteiger partial charge in [-0.05, 0) is 43.5 Å². The summed E-state index contributed by atoms with van der Waals surface area (Å²) in [5.41, 5.74) is 2.86. The third kappa shape index (κ3) is 3.14. The third-order valence-corrected chi connectivity index (χ3v) is 5.24. The summed E-state index contributed by atoms with van der Waals surface area (Å²) in [5, 5.41) is 7.02. The van der Waals surface area contributed by atoms with Crippen LogP contribution < -0.4 is 9.62 Å². The maximum atomic E-state index is 12.5. The number of benzene rings is 1. The van der Waals surface area contributed by atoms with E-state index >= 15 is 0 Å². The second-order valence-electron chi connectivity index (χ2n) is 6.03. The van der Waals surface area contributed by atoms with Gasteiger partial charge in [0.15, 0.2) is 0 Å². The van der Waals surface area contributed by atoms with E-state index in [1.807, 2.05) is 6.92 Å². The van der Waals surface area contributed by atoms with Crippen LogP contribution in [0.15, 0.2) is 24.3 Å². The van der Waals surface area contributed by atoms with Crippen molar-refractivity contribution in [2.24, 2.45) is 7.05 Å². The molecular formula is C16H20N4O3S. The first-order valence-electron chi connectivity index (χ1n) is 7.68. The van der Waals surface area contributed by atoms with E-state index in [1.54, 1.807) is 36.0 Å². The predicted octanol–water partition coefficient (Wildman–Crippen LogP) is 1.69. The van der Waals surface area contributed by atoms with Crippen LogP contribution in [0.3, 0.4) is 0 Å². The van der Waals surface area contributed by atoms with E-state index in [1.165, 1.54) is 10.6 Å². The van der Waals surface area contributed by atoms with Gasteiger partial charge in [0.05, 0.1) is 17.6 Å². The molecule has 0 atom stereocenters. The number of sulfonamides is 1. The molecule has 0 unspecified atom stereocenters. The van der Waals surface area contributed by atoms with Crippen LogP contribution in [-0.2, 0) is 23.5 Å². The van der Waals surface area contributed by atoms with Gasteiger partial charge < -0.3 is 5.32 Å². The Kier molecular flexibility index (Phi) is 4.08. The number of rotatable bonds is 3. The number of fused-ring (bicyclic) bond motifs is 1. The summed E-state index contributed by atoms with van der Waals surface area (Å²) in [4.78, 5) is 12.5. The van der Waals surface area contributed by atoms with Gasteiger partial charge >= 0.3 is 0 Å². The van der Waals surface area contributed by atoms with Crippen molar-refractivity contribution in [2.75, 3.05) is 22.4 Å². The van der Waals surface area contributed by atoms with Gasteiger partial charge in [-0.25, -0.2) is 8.42 Å². The molecule has 1 aliphatic heterocycles. The molecule has 1 aliphatic rings. The summed E-state index contributed by atoms with van der Waals surface area (Å²) in [5.74, 6) is 0.380. The average Bonchev–Trinajstić information content (AvgIpc) is 2.82. The van der Waals surface area contributed by atoms with Crippen LogP contribution in [-0.4, -0.2) is 36.9 Å². The predicted molar refractivity (Wildman–Crippen MR) is 92.9 cm³/mol. The lowest BCUT2D eigenvalue weighted by Crippen LogP contribution is -2.34. The second-order valence-corrected chi connectivity index (χ2v) is 7.94. The molecule has 1 aromatic heterocycles. The van der Waals surface area contributed by atoms with E-state index in [4.69, 9.17) is 0 Å².